The number of benzene rings is 1. The highest BCUT2D eigenvalue weighted by atomic mass is 19.1. The molecule has 1 fully saturated rings. The van der Waals surface area contributed by atoms with Crippen LogP contribution in [0, 0.1) is 5.82 Å². The maximum Gasteiger partial charge on any atom is 0.257 e. The summed E-state index contributed by atoms with van der Waals surface area (Å²) < 4.78 is 24.8. The molecule has 3 heterocycles. The minimum Gasteiger partial charge on any atom is -0.494 e. The number of nitrogens with zero attached hydrogens (tertiary/aromatic N) is 1. The van der Waals surface area contributed by atoms with Gasteiger partial charge in [0.25, 0.3) is 5.91 Å². The second kappa shape index (κ2) is 5.69. The summed E-state index contributed by atoms with van der Waals surface area (Å²) in [5.41, 5.74) is -0.880. The number of methoxy groups -OCH3 is 1. The van der Waals surface area contributed by atoms with E-state index in [1.165, 1.54) is 24.3 Å². The summed E-state index contributed by atoms with van der Waals surface area (Å²) in [6, 6.07) is 6.28. The van der Waals surface area contributed by atoms with Crippen LogP contribution >= 0.6 is 0 Å². The first-order valence-electron chi connectivity index (χ1n) is 7.99. The number of furan rings is 1. The third-order valence-electron chi connectivity index (χ3n) is 4.88. The largest absolute Gasteiger partial charge is 0.494 e. The first kappa shape index (κ1) is 16.3. The van der Waals surface area contributed by atoms with E-state index in [1.54, 1.807) is 18.2 Å². The van der Waals surface area contributed by atoms with Gasteiger partial charge >= 0.3 is 0 Å². The van der Waals surface area contributed by atoms with E-state index in [1.807, 2.05) is 0 Å². The lowest BCUT2D eigenvalue weighted by atomic mass is 9.82. The summed E-state index contributed by atoms with van der Waals surface area (Å²) in [5, 5.41) is 2.27. The van der Waals surface area contributed by atoms with E-state index in [0.29, 0.717) is 11.3 Å². The predicted molar refractivity (Wildman–Crippen MR) is 85.8 cm³/mol. The van der Waals surface area contributed by atoms with Gasteiger partial charge in [0.2, 0.25) is 11.8 Å². The smallest absolute Gasteiger partial charge is 0.257 e. The van der Waals surface area contributed by atoms with Crippen molar-refractivity contribution in [2.24, 2.45) is 0 Å². The number of fused-ring (bicyclic) bond motifs is 1. The lowest BCUT2D eigenvalue weighted by molar-refractivity contribution is -0.127. The molecule has 0 bridgehead atoms. The van der Waals surface area contributed by atoms with Crippen LogP contribution in [0.1, 0.15) is 28.1 Å². The zero-order valence-corrected chi connectivity index (χ0v) is 13.9. The monoisotopic (exact) mass is 358 g/mol. The Morgan fingerprint density at radius 1 is 1.31 bits per heavy atom. The van der Waals surface area contributed by atoms with Crippen molar-refractivity contribution in [1.82, 2.24) is 10.2 Å². The van der Waals surface area contributed by atoms with E-state index in [9.17, 15) is 18.8 Å². The van der Waals surface area contributed by atoms with Crippen molar-refractivity contribution in [3.8, 4) is 5.75 Å². The van der Waals surface area contributed by atoms with Crippen molar-refractivity contribution in [1.29, 1.82) is 0 Å². The Kier molecular flexibility index (Phi) is 3.57. The van der Waals surface area contributed by atoms with Crippen molar-refractivity contribution >= 4 is 17.7 Å². The number of rotatable bonds is 4. The summed E-state index contributed by atoms with van der Waals surface area (Å²) >= 11 is 0. The maximum atomic E-state index is 14.5. The molecule has 0 radical (unpaired) electrons. The Morgan fingerprint density at radius 2 is 2.12 bits per heavy atom. The second-order valence-electron chi connectivity index (χ2n) is 6.39. The molecular formula is C18H15FN2O5. The number of hydrogen-bond acceptors (Lipinski definition) is 5. The molecule has 3 amide bonds. The Labute approximate surface area is 147 Å². The molecule has 2 aliphatic heterocycles. The number of halogens is 1. The van der Waals surface area contributed by atoms with E-state index >= 15 is 0 Å². The molecule has 7 nitrogen and oxygen atoms in total. The van der Waals surface area contributed by atoms with Crippen molar-refractivity contribution in [2.75, 3.05) is 13.7 Å². The van der Waals surface area contributed by atoms with Crippen molar-refractivity contribution < 1.29 is 27.9 Å². The van der Waals surface area contributed by atoms with Crippen LogP contribution in [0.25, 0.3) is 0 Å². The van der Waals surface area contributed by atoms with E-state index in [-0.39, 0.29) is 30.8 Å². The standard InChI is InChI=1S/C18H15FN2O5/c1-25-11-5-4-10-8-21(16(23)14(10)15(11)19)9-18(12-3-2-6-26-12)7-13(22)20-17(18)24/h2-6H,7-9H2,1H3,(H,20,22,24)/t18-/m0/s1. The molecule has 2 aromatic rings. The molecule has 0 saturated carbocycles. The topological polar surface area (TPSA) is 88.8 Å². The van der Waals surface area contributed by atoms with Crippen molar-refractivity contribution in [3.63, 3.8) is 0 Å². The average molecular weight is 358 g/mol. The number of imide groups is 1. The first-order valence-corrected chi connectivity index (χ1v) is 7.99. The van der Waals surface area contributed by atoms with E-state index in [2.05, 4.69) is 5.32 Å². The Hall–Kier alpha value is -3.16. The number of amides is 3. The molecule has 1 aromatic heterocycles. The van der Waals surface area contributed by atoms with Gasteiger partial charge in [-0.2, -0.15) is 0 Å². The SMILES string of the molecule is COc1ccc2c(c1F)C(=O)N(C[C@]1(c3ccco3)CC(=O)NC1=O)C2. The molecule has 2 aliphatic rings. The van der Waals surface area contributed by atoms with Gasteiger partial charge in [-0.1, -0.05) is 6.07 Å². The van der Waals surface area contributed by atoms with E-state index < -0.39 is 29.0 Å². The molecular weight excluding hydrogens is 343 g/mol. The minimum atomic E-state index is -1.32. The summed E-state index contributed by atoms with van der Waals surface area (Å²) in [5.74, 6) is -1.97. The number of ether oxygens (including phenoxy) is 1. The fourth-order valence-corrected chi connectivity index (χ4v) is 3.61. The van der Waals surface area contributed by atoms with Crippen molar-refractivity contribution in [2.45, 2.75) is 18.4 Å². The molecule has 0 unspecified atom stereocenters. The molecule has 134 valence electrons. The fourth-order valence-electron chi connectivity index (χ4n) is 3.61. The van der Waals surface area contributed by atoms with Gasteiger partial charge in [-0.05, 0) is 23.8 Å². The highest BCUT2D eigenvalue weighted by Gasteiger charge is 2.53. The maximum absolute atomic E-state index is 14.5. The third kappa shape index (κ3) is 2.22. The van der Waals surface area contributed by atoms with Crippen LogP contribution in [0.2, 0.25) is 0 Å². The molecule has 0 aliphatic carbocycles. The van der Waals surface area contributed by atoms with Crippen LogP contribution in [0.5, 0.6) is 5.75 Å². The quantitative estimate of drug-likeness (QED) is 0.834. The van der Waals surface area contributed by atoms with Crippen LogP contribution in [0.3, 0.4) is 0 Å². The summed E-state index contributed by atoms with van der Waals surface area (Å²) in [7, 11) is 1.32. The summed E-state index contributed by atoms with van der Waals surface area (Å²) in [4.78, 5) is 38.4. The molecule has 4 rings (SSSR count). The van der Waals surface area contributed by atoms with Crippen LogP contribution in [0.15, 0.2) is 34.9 Å². The van der Waals surface area contributed by atoms with Crippen LogP contribution in [-0.2, 0) is 21.5 Å². The summed E-state index contributed by atoms with van der Waals surface area (Å²) in [6.45, 7) is 0.0480. The molecule has 1 atom stereocenters. The Morgan fingerprint density at radius 3 is 2.73 bits per heavy atom. The normalized spacial score (nSPS) is 21.9. The molecule has 1 saturated heterocycles. The number of nitrogens with one attached hydrogen (secondary N) is 1. The third-order valence-corrected chi connectivity index (χ3v) is 4.88. The molecule has 0 spiro atoms. The highest BCUT2D eigenvalue weighted by molar-refractivity contribution is 6.09. The van der Waals surface area contributed by atoms with E-state index in [0.717, 1.165) is 0 Å². The Bertz CT molecular complexity index is 924. The van der Waals surface area contributed by atoms with Crippen molar-refractivity contribution in [3.05, 3.63) is 53.2 Å². The fraction of sp³-hybridized carbons (Fsp3) is 0.278. The predicted octanol–water partition coefficient (Wildman–Crippen LogP) is 1.37. The van der Waals surface area contributed by atoms with Gasteiger partial charge in [-0.15, -0.1) is 0 Å². The van der Waals surface area contributed by atoms with Gasteiger partial charge < -0.3 is 14.1 Å². The number of carbonyl (C=O) groups is 3. The van der Waals surface area contributed by atoms with Gasteiger partial charge in [0.1, 0.15) is 11.2 Å². The molecule has 26 heavy (non-hydrogen) atoms. The zero-order chi connectivity index (χ0) is 18.5. The zero-order valence-electron chi connectivity index (χ0n) is 13.9. The molecule has 8 heteroatoms. The first-order chi connectivity index (χ1) is 12.5. The van der Waals surface area contributed by atoms with Crippen LogP contribution < -0.4 is 10.1 Å². The second-order valence-corrected chi connectivity index (χ2v) is 6.39. The summed E-state index contributed by atoms with van der Waals surface area (Å²) in [6.07, 6.45) is 1.27. The highest BCUT2D eigenvalue weighted by Crippen LogP contribution is 2.37. The number of hydrogen-bond donors (Lipinski definition) is 1. The van der Waals surface area contributed by atoms with Gasteiger partial charge in [0.05, 0.1) is 25.4 Å². The average Bonchev–Trinajstić information content (AvgIpc) is 3.29. The Balaban J connectivity index is 1.70. The van der Waals surface area contributed by atoms with Gasteiger partial charge in [0.15, 0.2) is 11.6 Å². The molecule has 1 N–H and O–H groups in total. The lowest BCUT2D eigenvalue weighted by Gasteiger charge is -2.28. The molecule has 1 aromatic carbocycles. The van der Waals surface area contributed by atoms with Crippen LogP contribution in [0.4, 0.5) is 4.39 Å². The van der Waals surface area contributed by atoms with Crippen LogP contribution in [-0.4, -0.2) is 36.3 Å². The van der Waals surface area contributed by atoms with Gasteiger partial charge in [-0.25, -0.2) is 4.39 Å². The number of carbonyl (C=O) groups excluding carboxylic acids is 3. The van der Waals surface area contributed by atoms with Gasteiger partial charge in [-0.3, -0.25) is 19.7 Å². The minimum absolute atomic E-state index is 0.0199. The lowest BCUT2D eigenvalue weighted by Crippen LogP contribution is -2.46. The van der Waals surface area contributed by atoms with E-state index in [4.69, 9.17) is 9.15 Å². The van der Waals surface area contributed by atoms with Gasteiger partial charge in [0, 0.05) is 13.1 Å².